The van der Waals surface area contributed by atoms with E-state index in [0.29, 0.717) is 6.08 Å². The summed E-state index contributed by atoms with van der Waals surface area (Å²) >= 11 is 0. The fraction of sp³-hybridized carbons (Fsp3) is 0.222. The number of carbonyl (C=O) groups excluding carboxylic acids is 1. The zero-order chi connectivity index (χ0) is 11.5. The van der Waals surface area contributed by atoms with Crippen LogP contribution >= 0.6 is 0 Å². The van der Waals surface area contributed by atoms with Gasteiger partial charge in [0.05, 0.1) is 6.26 Å². The van der Waals surface area contributed by atoms with Crippen molar-refractivity contribution in [1.82, 2.24) is 0 Å². The topological polar surface area (TPSA) is 39.4 Å². The van der Waals surface area contributed by atoms with Crippen LogP contribution in [0.15, 0.2) is 34.6 Å². The summed E-state index contributed by atoms with van der Waals surface area (Å²) < 4.78 is 45.0. The highest BCUT2D eigenvalue weighted by atomic mass is 19.4. The van der Waals surface area contributed by atoms with Crippen LogP contribution in [0.2, 0.25) is 0 Å². The molecule has 0 saturated heterocycles. The minimum absolute atomic E-state index is 0.0266. The second kappa shape index (κ2) is 4.20. The van der Waals surface area contributed by atoms with Crippen molar-refractivity contribution < 1.29 is 27.1 Å². The quantitative estimate of drug-likeness (QED) is 0.580. The second-order valence-electron chi connectivity index (χ2n) is 2.65. The molecule has 15 heavy (non-hydrogen) atoms. The van der Waals surface area contributed by atoms with Gasteiger partial charge in [0.1, 0.15) is 5.76 Å². The van der Waals surface area contributed by atoms with Crippen LogP contribution in [0.1, 0.15) is 6.92 Å². The first-order valence-electron chi connectivity index (χ1n) is 3.90. The molecule has 0 unspecified atom stereocenters. The van der Waals surface area contributed by atoms with Crippen molar-refractivity contribution in [3.63, 3.8) is 0 Å². The molecular weight excluding hydrogens is 213 g/mol. The molecule has 0 radical (unpaired) electrons. The van der Waals surface area contributed by atoms with E-state index in [1.165, 1.54) is 25.3 Å². The normalized spacial score (nSPS) is 12.7. The smallest absolute Gasteiger partial charge is 0.434 e. The Hall–Kier alpha value is -1.72. The molecule has 0 aliphatic carbocycles. The molecule has 6 heteroatoms. The number of rotatable bonds is 3. The van der Waals surface area contributed by atoms with E-state index in [-0.39, 0.29) is 11.7 Å². The van der Waals surface area contributed by atoms with E-state index in [1.807, 2.05) is 0 Å². The first-order valence-corrected chi connectivity index (χ1v) is 3.90. The lowest BCUT2D eigenvalue weighted by Crippen LogP contribution is -2.20. The first kappa shape index (κ1) is 11.4. The predicted octanol–water partition coefficient (Wildman–Crippen LogP) is 2.69. The molecule has 0 aliphatic heterocycles. The van der Waals surface area contributed by atoms with Crippen molar-refractivity contribution in [1.29, 1.82) is 0 Å². The lowest BCUT2D eigenvalue weighted by molar-refractivity contribution is -0.165. The van der Waals surface area contributed by atoms with Gasteiger partial charge in [-0.25, -0.2) is 0 Å². The van der Waals surface area contributed by atoms with Gasteiger partial charge in [0, 0.05) is 12.1 Å². The average Bonchev–Trinajstić information content (AvgIpc) is 2.54. The second-order valence-corrected chi connectivity index (χ2v) is 2.65. The Labute approximate surface area is 83.1 Å². The van der Waals surface area contributed by atoms with E-state index in [4.69, 9.17) is 9.15 Å². The minimum atomic E-state index is -4.88. The van der Waals surface area contributed by atoms with E-state index >= 15 is 0 Å². The summed E-state index contributed by atoms with van der Waals surface area (Å²) in [5.74, 6) is -2.13. The van der Waals surface area contributed by atoms with Crippen LogP contribution in [0.4, 0.5) is 13.2 Å². The number of ether oxygens (including phenoxy) is 1. The van der Waals surface area contributed by atoms with E-state index in [0.717, 1.165) is 0 Å². The van der Waals surface area contributed by atoms with Crippen molar-refractivity contribution >= 4 is 5.78 Å². The Morgan fingerprint density at radius 3 is 2.67 bits per heavy atom. The summed E-state index contributed by atoms with van der Waals surface area (Å²) in [5.41, 5.74) is 0. The zero-order valence-corrected chi connectivity index (χ0v) is 7.67. The van der Waals surface area contributed by atoms with Crippen molar-refractivity contribution in [2.24, 2.45) is 0 Å². The van der Waals surface area contributed by atoms with Gasteiger partial charge in [-0.2, -0.15) is 13.2 Å². The highest BCUT2D eigenvalue weighted by molar-refractivity contribution is 5.94. The number of halogens is 3. The van der Waals surface area contributed by atoms with Gasteiger partial charge in [0.15, 0.2) is 0 Å². The molecule has 0 aliphatic rings. The molecule has 0 bridgehead atoms. The van der Waals surface area contributed by atoms with E-state index in [9.17, 15) is 18.0 Å². The van der Waals surface area contributed by atoms with Gasteiger partial charge in [-0.3, -0.25) is 4.79 Å². The number of alkyl halides is 3. The highest BCUT2D eigenvalue weighted by Gasteiger charge is 2.36. The first-order chi connectivity index (χ1) is 6.89. The van der Waals surface area contributed by atoms with Crippen molar-refractivity contribution in [3.05, 3.63) is 30.2 Å². The lowest BCUT2D eigenvalue weighted by Gasteiger charge is -2.03. The maximum Gasteiger partial charge on any atom is 0.454 e. The molecule has 82 valence electrons. The zero-order valence-electron chi connectivity index (χ0n) is 7.67. The highest BCUT2D eigenvalue weighted by Crippen LogP contribution is 2.19. The van der Waals surface area contributed by atoms with Crippen molar-refractivity contribution in [2.45, 2.75) is 13.1 Å². The SMILES string of the molecule is C/C(=C\C(=O)C(F)(F)F)Oc1ccco1. The Balaban J connectivity index is 2.65. The fourth-order valence-corrected chi connectivity index (χ4v) is 0.776. The number of hydrogen-bond acceptors (Lipinski definition) is 3. The Morgan fingerprint density at radius 1 is 1.53 bits per heavy atom. The summed E-state index contributed by atoms with van der Waals surface area (Å²) in [5, 5.41) is 0. The summed E-state index contributed by atoms with van der Waals surface area (Å²) in [6.45, 7) is 1.23. The largest absolute Gasteiger partial charge is 0.454 e. The average molecular weight is 220 g/mol. The molecule has 1 aromatic rings. The van der Waals surface area contributed by atoms with Crippen LogP contribution in [-0.2, 0) is 4.79 Å². The molecular formula is C9H7F3O3. The molecule has 0 saturated carbocycles. The fourth-order valence-electron chi connectivity index (χ4n) is 0.776. The van der Waals surface area contributed by atoms with Gasteiger partial charge >= 0.3 is 6.18 Å². The molecule has 0 fully saturated rings. The van der Waals surface area contributed by atoms with Crippen LogP contribution in [0.25, 0.3) is 0 Å². The summed E-state index contributed by atoms with van der Waals surface area (Å²) in [6.07, 6.45) is -3.22. The molecule has 1 rings (SSSR count). The third-order valence-electron chi connectivity index (χ3n) is 1.37. The van der Waals surface area contributed by atoms with Crippen LogP contribution in [0.5, 0.6) is 5.95 Å². The van der Waals surface area contributed by atoms with Gasteiger partial charge in [-0.15, -0.1) is 0 Å². The standard InChI is InChI=1S/C9H7F3O3/c1-6(5-7(13)9(10,11)12)15-8-3-2-4-14-8/h2-5H,1H3/b6-5+. The Kier molecular flexibility index (Phi) is 3.18. The van der Waals surface area contributed by atoms with Gasteiger partial charge in [0.25, 0.3) is 11.7 Å². The van der Waals surface area contributed by atoms with Gasteiger partial charge < -0.3 is 9.15 Å². The maximum atomic E-state index is 11.8. The van der Waals surface area contributed by atoms with Crippen LogP contribution in [0, 0.1) is 0 Å². The molecule has 0 atom stereocenters. The maximum absolute atomic E-state index is 11.8. The number of carbonyl (C=O) groups is 1. The van der Waals surface area contributed by atoms with E-state index in [2.05, 4.69) is 0 Å². The number of hydrogen-bond donors (Lipinski definition) is 0. The summed E-state index contributed by atoms with van der Waals surface area (Å²) in [4.78, 5) is 10.5. The van der Waals surface area contributed by atoms with Crippen molar-refractivity contribution in [2.75, 3.05) is 0 Å². The number of furan rings is 1. The number of ketones is 1. The Bertz CT molecular complexity index is 362. The van der Waals surface area contributed by atoms with Gasteiger partial charge in [0.2, 0.25) is 0 Å². The van der Waals surface area contributed by atoms with Gasteiger partial charge in [-0.05, 0) is 13.0 Å². The molecule has 0 amide bonds. The summed E-state index contributed by atoms with van der Waals surface area (Å²) in [6, 6.07) is 2.92. The van der Waals surface area contributed by atoms with Crippen LogP contribution < -0.4 is 4.74 Å². The third kappa shape index (κ3) is 3.49. The van der Waals surface area contributed by atoms with Crippen LogP contribution in [-0.4, -0.2) is 12.0 Å². The van der Waals surface area contributed by atoms with E-state index in [1.54, 1.807) is 0 Å². The lowest BCUT2D eigenvalue weighted by atomic mass is 10.3. The molecule has 3 nitrogen and oxygen atoms in total. The summed E-state index contributed by atoms with van der Waals surface area (Å²) in [7, 11) is 0. The Morgan fingerprint density at radius 2 is 2.20 bits per heavy atom. The molecule has 0 N–H and O–H groups in total. The monoisotopic (exact) mass is 220 g/mol. The van der Waals surface area contributed by atoms with Crippen LogP contribution in [0.3, 0.4) is 0 Å². The third-order valence-corrected chi connectivity index (χ3v) is 1.37. The van der Waals surface area contributed by atoms with Gasteiger partial charge in [-0.1, -0.05) is 0 Å². The predicted molar refractivity (Wildman–Crippen MR) is 44.2 cm³/mol. The molecule has 0 aromatic carbocycles. The van der Waals surface area contributed by atoms with Crippen molar-refractivity contribution in [3.8, 4) is 5.95 Å². The van der Waals surface area contributed by atoms with E-state index < -0.39 is 12.0 Å². The minimum Gasteiger partial charge on any atom is -0.434 e. The molecule has 1 heterocycles. The number of allylic oxidation sites excluding steroid dienone is 2. The molecule has 1 aromatic heterocycles. The molecule has 0 spiro atoms.